The number of primary sulfonamides is 1. The van der Waals surface area contributed by atoms with Crippen LogP contribution in [0.15, 0.2) is 53.4 Å². The molecule has 1 saturated carbocycles. The number of benzene rings is 2. The van der Waals surface area contributed by atoms with Gasteiger partial charge in [0.15, 0.2) is 0 Å². The maximum atomic E-state index is 12.6. The minimum Gasteiger partial charge on any atom is -0.325 e. The van der Waals surface area contributed by atoms with E-state index < -0.39 is 10.0 Å². The van der Waals surface area contributed by atoms with Gasteiger partial charge in [-0.05, 0) is 48.9 Å². The van der Waals surface area contributed by atoms with Crippen LogP contribution in [0.4, 0.5) is 5.69 Å². The Morgan fingerprint density at radius 1 is 1.10 bits per heavy atom. The van der Waals surface area contributed by atoms with Gasteiger partial charge in [-0.3, -0.25) is 4.79 Å². The van der Waals surface area contributed by atoms with Gasteiger partial charge >= 0.3 is 0 Å². The van der Waals surface area contributed by atoms with Crippen molar-refractivity contribution in [2.24, 2.45) is 11.1 Å². The van der Waals surface area contributed by atoms with Crippen LogP contribution in [0.3, 0.4) is 0 Å². The van der Waals surface area contributed by atoms with Gasteiger partial charge in [-0.1, -0.05) is 55.7 Å². The van der Waals surface area contributed by atoms with Gasteiger partial charge in [-0.2, -0.15) is 0 Å². The third kappa shape index (κ3) is 5.88. The van der Waals surface area contributed by atoms with Crippen molar-refractivity contribution in [3.8, 4) is 0 Å². The second-order valence-corrected chi connectivity index (χ2v) is 9.30. The zero-order valence-corrected chi connectivity index (χ0v) is 17.5. The molecule has 1 amide bonds. The lowest BCUT2D eigenvalue weighted by atomic mass is 9.81. The fourth-order valence-corrected chi connectivity index (χ4v) is 4.53. The zero-order chi connectivity index (χ0) is 20.9. The molecule has 0 aliphatic heterocycles. The largest absolute Gasteiger partial charge is 0.325 e. The molecule has 0 unspecified atom stereocenters. The summed E-state index contributed by atoms with van der Waals surface area (Å²) in [5.74, 6) is 0.294. The van der Waals surface area contributed by atoms with Crippen LogP contribution in [0, 0.1) is 12.8 Å². The maximum Gasteiger partial charge on any atom is 0.238 e. The van der Waals surface area contributed by atoms with Crippen molar-refractivity contribution in [1.29, 1.82) is 0 Å². The molecule has 29 heavy (non-hydrogen) atoms. The molecule has 0 radical (unpaired) electrons. The monoisotopic (exact) mass is 415 g/mol. The van der Waals surface area contributed by atoms with Gasteiger partial charge in [-0.15, -0.1) is 0 Å². The molecular formula is C22H29N3O3S. The lowest BCUT2D eigenvalue weighted by Gasteiger charge is -2.31. The van der Waals surface area contributed by atoms with E-state index in [1.54, 1.807) is 6.07 Å². The highest BCUT2D eigenvalue weighted by atomic mass is 32.2. The predicted octanol–water partition coefficient (Wildman–Crippen LogP) is 3.49. The van der Waals surface area contributed by atoms with E-state index in [9.17, 15) is 13.2 Å². The van der Waals surface area contributed by atoms with Crippen LogP contribution < -0.4 is 15.8 Å². The minimum atomic E-state index is -3.82. The first-order valence-electron chi connectivity index (χ1n) is 10.1. The van der Waals surface area contributed by atoms with Crippen molar-refractivity contribution in [1.82, 2.24) is 5.32 Å². The lowest BCUT2D eigenvalue weighted by Crippen LogP contribution is -2.35. The highest BCUT2D eigenvalue weighted by Gasteiger charge is 2.25. The molecule has 0 heterocycles. The first-order valence-corrected chi connectivity index (χ1v) is 11.6. The second kappa shape index (κ2) is 9.52. The third-order valence-electron chi connectivity index (χ3n) is 5.57. The molecule has 1 aliphatic carbocycles. The van der Waals surface area contributed by atoms with E-state index in [0.717, 1.165) is 18.4 Å². The highest BCUT2D eigenvalue weighted by molar-refractivity contribution is 7.89. The molecule has 6 nitrogen and oxygen atoms in total. The Bertz CT molecular complexity index is 939. The standard InChI is InChI=1S/C22H29N3O3S/c1-16-12-13-19(29(23,27)28)14-20(16)25-21(26)15-24-22(17-8-4-2-5-9-17)18-10-6-3-7-11-18/h2,4-5,8-9,12-14,18,22,24H,3,6-7,10-11,15H2,1H3,(H,25,26)(H2,23,27,28)/t22-/m0/s1. The van der Waals surface area contributed by atoms with Crippen molar-refractivity contribution in [2.75, 3.05) is 11.9 Å². The Morgan fingerprint density at radius 2 is 1.79 bits per heavy atom. The molecule has 0 aromatic heterocycles. The fraction of sp³-hybridized carbons (Fsp3) is 0.409. The predicted molar refractivity (Wildman–Crippen MR) is 115 cm³/mol. The van der Waals surface area contributed by atoms with E-state index in [1.165, 1.54) is 37.0 Å². The molecule has 156 valence electrons. The van der Waals surface area contributed by atoms with Crippen molar-refractivity contribution in [3.63, 3.8) is 0 Å². The van der Waals surface area contributed by atoms with E-state index in [-0.39, 0.29) is 23.4 Å². The van der Waals surface area contributed by atoms with Crippen LogP contribution in [0.25, 0.3) is 0 Å². The molecular weight excluding hydrogens is 386 g/mol. The number of sulfonamides is 1. The summed E-state index contributed by atoms with van der Waals surface area (Å²) in [6.45, 7) is 1.96. The number of anilines is 1. The summed E-state index contributed by atoms with van der Waals surface area (Å²) in [4.78, 5) is 12.6. The summed E-state index contributed by atoms with van der Waals surface area (Å²) in [5.41, 5.74) is 2.43. The Labute approximate surface area is 172 Å². The lowest BCUT2D eigenvalue weighted by molar-refractivity contribution is -0.115. The molecule has 3 rings (SSSR count). The molecule has 7 heteroatoms. The average Bonchev–Trinajstić information content (AvgIpc) is 2.70. The summed E-state index contributed by atoms with van der Waals surface area (Å²) in [7, 11) is -3.82. The second-order valence-electron chi connectivity index (χ2n) is 7.74. The number of rotatable bonds is 7. The Kier molecular flexibility index (Phi) is 7.05. The Morgan fingerprint density at radius 3 is 2.45 bits per heavy atom. The molecule has 4 N–H and O–H groups in total. The Hall–Kier alpha value is -2.22. The quantitative estimate of drug-likeness (QED) is 0.644. The number of carbonyl (C=O) groups excluding carboxylic acids is 1. The van der Waals surface area contributed by atoms with Gasteiger partial charge < -0.3 is 10.6 Å². The molecule has 1 atom stereocenters. The first-order chi connectivity index (χ1) is 13.8. The van der Waals surface area contributed by atoms with Crippen LogP contribution in [-0.2, 0) is 14.8 Å². The first kappa shape index (κ1) is 21.5. The molecule has 0 spiro atoms. The number of nitrogens with one attached hydrogen (secondary N) is 2. The molecule has 0 saturated heterocycles. The van der Waals surface area contributed by atoms with Gasteiger partial charge in [0.2, 0.25) is 15.9 Å². The van der Waals surface area contributed by atoms with Gasteiger partial charge in [0.1, 0.15) is 0 Å². The van der Waals surface area contributed by atoms with Crippen LogP contribution in [-0.4, -0.2) is 20.9 Å². The van der Waals surface area contributed by atoms with E-state index in [2.05, 4.69) is 22.8 Å². The van der Waals surface area contributed by atoms with Crippen LogP contribution in [0.2, 0.25) is 0 Å². The summed E-state index contributed by atoms with van der Waals surface area (Å²) in [6.07, 6.45) is 6.04. The van der Waals surface area contributed by atoms with Crippen molar-refractivity contribution in [2.45, 2.75) is 50.0 Å². The smallest absolute Gasteiger partial charge is 0.238 e. The molecule has 2 aromatic carbocycles. The topological polar surface area (TPSA) is 101 Å². The minimum absolute atomic E-state index is 0.0178. The van der Waals surface area contributed by atoms with Gasteiger partial charge in [0, 0.05) is 11.7 Å². The van der Waals surface area contributed by atoms with Gasteiger partial charge in [0.05, 0.1) is 11.4 Å². The number of amides is 1. The highest BCUT2D eigenvalue weighted by Crippen LogP contribution is 2.34. The molecule has 1 fully saturated rings. The fourth-order valence-electron chi connectivity index (χ4n) is 3.99. The van der Waals surface area contributed by atoms with Crippen LogP contribution in [0.5, 0.6) is 0 Å². The average molecular weight is 416 g/mol. The van der Waals surface area contributed by atoms with Crippen LogP contribution >= 0.6 is 0 Å². The maximum absolute atomic E-state index is 12.6. The van der Waals surface area contributed by atoms with E-state index >= 15 is 0 Å². The number of hydrogen-bond donors (Lipinski definition) is 3. The summed E-state index contributed by atoms with van der Waals surface area (Å²) < 4.78 is 23.2. The SMILES string of the molecule is Cc1ccc(S(N)(=O)=O)cc1NC(=O)CN[C@@H](c1ccccc1)C1CCCCC1. The summed E-state index contributed by atoms with van der Waals surface area (Å²) >= 11 is 0. The van der Waals surface area contributed by atoms with Crippen molar-refractivity contribution in [3.05, 3.63) is 59.7 Å². The van der Waals surface area contributed by atoms with Crippen molar-refractivity contribution >= 4 is 21.6 Å². The van der Waals surface area contributed by atoms with Gasteiger partial charge in [-0.25, -0.2) is 13.6 Å². The molecule has 0 bridgehead atoms. The normalized spacial score (nSPS) is 16.3. The number of carbonyl (C=O) groups is 1. The van der Waals surface area contributed by atoms with Crippen molar-refractivity contribution < 1.29 is 13.2 Å². The van der Waals surface area contributed by atoms with Crippen LogP contribution in [0.1, 0.15) is 49.3 Å². The zero-order valence-electron chi connectivity index (χ0n) is 16.7. The molecule has 1 aliphatic rings. The van der Waals surface area contributed by atoms with E-state index in [1.807, 2.05) is 25.1 Å². The number of hydrogen-bond acceptors (Lipinski definition) is 4. The summed E-state index contributed by atoms with van der Waals surface area (Å²) in [5, 5.41) is 11.4. The Balaban J connectivity index is 1.69. The number of nitrogens with two attached hydrogens (primary N) is 1. The third-order valence-corrected chi connectivity index (χ3v) is 6.49. The number of aryl methyl sites for hydroxylation is 1. The van der Waals surface area contributed by atoms with E-state index in [0.29, 0.717) is 11.6 Å². The van der Waals surface area contributed by atoms with E-state index in [4.69, 9.17) is 5.14 Å². The summed E-state index contributed by atoms with van der Waals surface area (Å²) in [6, 6.07) is 14.8. The van der Waals surface area contributed by atoms with Gasteiger partial charge in [0.25, 0.3) is 0 Å². The molecule has 2 aromatic rings.